The lowest BCUT2D eigenvalue weighted by Gasteiger charge is -2.07. The summed E-state index contributed by atoms with van der Waals surface area (Å²) in [6.07, 6.45) is 0.467. The number of aliphatic hydroxyl groups excluding tert-OH is 1. The fraction of sp³-hybridized carbons (Fsp3) is 0.364. The maximum atomic E-state index is 11.5. The third-order valence-electron chi connectivity index (χ3n) is 1.70. The van der Waals surface area contributed by atoms with Crippen LogP contribution in [0.4, 0.5) is 0 Å². The van der Waals surface area contributed by atoms with Crippen molar-refractivity contribution in [3.05, 3.63) is 21.9 Å². The minimum Gasteiger partial charge on any atom is -0.395 e. The molecule has 0 saturated carbocycles. The molecule has 1 amide bonds. The zero-order valence-corrected chi connectivity index (χ0v) is 9.60. The summed E-state index contributed by atoms with van der Waals surface area (Å²) in [5, 5.41) is 10.3. The van der Waals surface area contributed by atoms with Gasteiger partial charge in [0.15, 0.2) is 0 Å². The predicted molar refractivity (Wildman–Crippen MR) is 60.9 cm³/mol. The number of carbonyl (C=O) groups is 1. The van der Waals surface area contributed by atoms with Gasteiger partial charge in [-0.05, 0) is 6.07 Å². The fourth-order valence-corrected chi connectivity index (χ4v) is 1.73. The molecular formula is C11H13NO2S. The normalized spacial score (nSPS) is 9.27. The molecule has 0 unspecified atom stereocenters. The van der Waals surface area contributed by atoms with E-state index in [1.54, 1.807) is 25.5 Å². The number of rotatable bonds is 2. The van der Waals surface area contributed by atoms with Crippen LogP contribution in [0, 0.1) is 11.8 Å². The van der Waals surface area contributed by atoms with Crippen LogP contribution in [-0.2, 0) is 0 Å². The van der Waals surface area contributed by atoms with Crippen LogP contribution in [0.15, 0.2) is 11.4 Å². The standard InChI is InChI=1S/C11H13NO2S/c1-12(2)11(14)9-7-10(15-8-9)5-3-4-6-13/h7-8,13H,4,6H2,1-2H3. The number of nitrogens with zero attached hydrogens (tertiary/aromatic N) is 1. The van der Waals surface area contributed by atoms with E-state index in [0.717, 1.165) is 4.88 Å². The molecule has 1 aromatic rings. The molecule has 0 atom stereocenters. The van der Waals surface area contributed by atoms with E-state index in [-0.39, 0.29) is 12.5 Å². The van der Waals surface area contributed by atoms with Crippen LogP contribution in [-0.4, -0.2) is 36.6 Å². The highest BCUT2D eigenvalue weighted by atomic mass is 32.1. The van der Waals surface area contributed by atoms with Crippen molar-refractivity contribution in [2.75, 3.05) is 20.7 Å². The van der Waals surface area contributed by atoms with Gasteiger partial charge in [0, 0.05) is 25.9 Å². The highest BCUT2D eigenvalue weighted by Crippen LogP contribution is 2.14. The first kappa shape index (κ1) is 11.8. The lowest BCUT2D eigenvalue weighted by atomic mass is 10.3. The molecule has 0 aliphatic carbocycles. The Morgan fingerprint density at radius 3 is 2.93 bits per heavy atom. The number of hydrogen-bond donors (Lipinski definition) is 1. The van der Waals surface area contributed by atoms with Gasteiger partial charge in [0.2, 0.25) is 0 Å². The Kier molecular flexibility index (Phi) is 4.35. The summed E-state index contributed by atoms with van der Waals surface area (Å²) < 4.78 is 0. The third-order valence-corrected chi connectivity index (χ3v) is 2.55. The first-order valence-electron chi connectivity index (χ1n) is 4.55. The molecule has 1 rings (SSSR count). The Labute approximate surface area is 93.3 Å². The van der Waals surface area contributed by atoms with Crippen molar-refractivity contribution in [2.45, 2.75) is 6.42 Å². The molecule has 3 nitrogen and oxygen atoms in total. The van der Waals surface area contributed by atoms with E-state index < -0.39 is 0 Å². The summed E-state index contributed by atoms with van der Waals surface area (Å²) in [7, 11) is 3.44. The highest BCUT2D eigenvalue weighted by molar-refractivity contribution is 7.10. The fourth-order valence-electron chi connectivity index (χ4n) is 0.978. The molecule has 0 radical (unpaired) electrons. The lowest BCUT2D eigenvalue weighted by molar-refractivity contribution is 0.0828. The van der Waals surface area contributed by atoms with Crippen molar-refractivity contribution >= 4 is 17.2 Å². The molecule has 1 aromatic heterocycles. The van der Waals surface area contributed by atoms with E-state index in [1.807, 2.05) is 0 Å². The van der Waals surface area contributed by atoms with Gasteiger partial charge in [-0.15, -0.1) is 11.3 Å². The van der Waals surface area contributed by atoms with E-state index in [0.29, 0.717) is 12.0 Å². The molecule has 4 heteroatoms. The van der Waals surface area contributed by atoms with Crippen molar-refractivity contribution in [1.29, 1.82) is 0 Å². The molecule has 0 spiro atoms. The van der Waals surface area contributed by atoms with Crippen LogP contribution in [0.5, 0.6) is 0 Å². The van der Waals surface area contributed by atoms with Gasteiger partial charge in [0.25, 0.3) is 5.91 Å². The van der Waals surface area contributed by atoms with E-state index in [9.17, 15) is 4.79 Å². The average Bonchev–Trinajstić information content (AvgIpc) is 2.65. The number of amides is 1. The van der Waals surface area contributed by atoms with Crippen LogP contribution in [0.1, 0.15) is 21.7 Å². The van der Waals surface area contributed by atoms with E-state index in [2.05, 4.69) is 11.8 Å². The maximum absolute atomic E-state index is 11.5. The van der Waals surface area contributed by atoms with Crippen LogP contribution >= 0.6 is 11.3 Å². The van der Waals surface area contributed by atoms with Crippen LogP contribution < -0.4 is 0 Å². The van der Waals surface area contributed by atoms with Crippen molar-refractivity contribution in [2.24, 2.45) is 0 Å². The molecule has 0 saturated heterocycles. The summed E-state index contributed by atoms with van der Waals surface area (Å²) in [6, 6.07) is 1.78. The highest BCUT2D eigenvalue weighted by Gasteiger charge is 2.09. The molecular weight excluding hydrogens is 210 g/mol. The Balaban J connectivity index is 2.74. The quantitative estimate of drug-likeness (QED) is 0.765. The van der Waals surface area contributed by atoms with Gasteiger partial charge < -0.3 is 10.0 Å². The molecule has 15 heavy (non-hydrogen) atoms. The van der Waals surface area contributed by atoms with Gasteiger partial charge in [-0.3, -0.25) is 4.79 Å². The van der Waals surface area contributed by atoms with Gasteiger partial charge in [0.05, 0.1) is 17.0 Å². The molecule has 0 bridgehead atoms. The number of aliphatic hydroxyl groups is 1. The topological polar surface area (TPSA) is 40.5 Å². The van der Waals surface area contributed by atoms with Crippen molar-refractivity contribution < 1.29 is 9.90 Å². The summed E-state index contributed by atoms with van der Waals surface area (Å²) >= 11 is 1.44. The Hall–Kier alpha value is -1.31. The number of carbonyl (C=O) groups excluding carboxylic acids is 1. The summed E-state index contributed by atoms with van der Waals surface area (Å²) in [6.45, 7) is 0.0713. The predicted octanol–water partition coefficient (Wildman–Crippen LogP) is 1.18. The number of hydrogen-bond acceptors (Lipinski definition) is 3. The van der Waals surface area contributed by atoms with E-state index in [1.165, 1.54) is 16.2 Å². The minimum atomic E-state index is -0.0125. The maximum Gasteiger partial charge on any atom is 0.254 e. The average molecular weight is 223 g/mol. The Bertz CT molecular complexity index is 398. The zero-order chi connectivity index (χ0) is 11.3. The Morgan fingerprint density at radius 1 is 1.60 bits per heavy atom. The molecule has 80 valence electrons. The second-order valence-electron chi connectivity index (χ2n) is 3.17. The first-order chi connectivity index (χ1) is 7.15. The monoisotopic (exact) mass is 223 g/mol. The molecule has 0 aromatic carbocycles. The summed E-state index contributed by atoms with van der Waals surface area (Å²) in [5.41, 5.74) is 0.665. The zero-order valence-electron chi connectivity index (χ0n) is 8.78. The number of thiophene rings is 1. The van der Waals surface area contributed by atoms with Crippen molar-refractivity contribution in [3.63, 3.8) is 0 Å². The summed E-state index contributed by atoms with van der Waals surface area (Å²) in [5.74, 6) is 5.70. The molecule has 1 N–H and O–H groups in total. The summed E-state index contributed by atoms with van der Waals surface area (Å²) in [4.78, 5) is 13.9. The van der Waals surface area contributed by atoms with Crippen LogP contribution in [0.2, 0.25) is 0 Å². The second-order valence-corrected chi connectivity index (χ2v) is 4.09. The minimum absolute atomic E-state index is 0.0125. The van der Waals surface area contributed by atoms with Crippen molar-refractivity contribution in [3.8, 4) is 11.8 Å². The molecule has 1 heterocycles. The van der Waals surface area contributed by atoms with Gasteiger partial charge in [-0.1, -0.05) is 11.8 Å². The lowest BCUT2D eigenvalue weighted by Crippen LogP contribution is -2.20. The largest absolute Gasteiger partial charge is 0.395 e. The van der Waals surface area contributed by atoms with Gasteiger partial charge in [0.1, 0.15) is 0 Å². The van der Waals surface area contributed by atoms with Crippen LogP contribution in [0.25, 0.3) is 0 Å². The third kappa shape index (κ3) is 3.39. The second kappa shape index (κ2) is 5.54. The molecule has 0 aliphatic heterocycles. The van der Waals surface area contributed by atoms with Crippen molar-refractivity contribution in [1.82, 2.24) is 4.90 Å². The van der Waals surface area contributed by atoms with Crippen LogP contribution in [0.3, 0.4) is 0 Å². The van der Waals surface area contributed by atoms with E-state index >= 15 is 0 Å². The first-order valence-corrected chi connectivity index (χ1v) is 5.43. The smallest absolute Gasteiger partial charge is 0.254 e. The van der Waals surface area contributed by atoms with Gasteiger partial charge >= 0.3 is 0 Å². The Morgan fingerprint density at radius 2 is 2.33 bits per heavy atom. The van der Waals surface area contributed by atoms with E-state index in [4.69, 9.17) is 5.11 Å². The van der Waals surface area contributed by atoms with Gasteiger partial charge in [-0.25, -0.2) is 0 Å². The SMILES string of the molecule is CN(C)C(=O)c1csc(C#CCCO)c1. The van der Waals surface area contributed by atoms with Gasteiger partial charge in [-0.2, -0.15) is 0 Å². The molecule has 0 aliphatic rings. The molecule has 0 fully saturated rings.